The molecule has 0 aromatic heterocycles. The molecule has 0 saturated carbocycles. The van der Waals surface area contributed by atoms with Crippen LogP contribution in [-0.2, 0) is 6.54 Å². The topological polar surface area (TPSA) is 70.6 Å². The van der Waals surface area contributed by atoms with Crippen LogP contribution in [0.2, 0.25) is 0 Å². The first-order chi connectivity index (χ1) is 9.52. The first-order valence-corrected chi connectivity index (χ1v) is 7.05. The standard InChI is InChI=1S/C16H26FN3O/c1-15(2,3)10-16(4,5)19-9-11-6-12(14(18)20-21)8-13(17)7-11/h6-8,19,21H,9-10H2,1-5H3,(H2,18,20). The molecule has 21 heavy (non-hydrogen) atoms. The zero-order chi connectivity index (χ0) is 16.3. The van der Waals surface area contributed by atoms with Crippen molar-refractivity contribution in [1.82, 2.24) is 5.32 Å². The van der Waals surface area contributed by atoms with Crippen molar-refractivity contribution in [3.8, 4) is 0 Å². The highest BCUT2D eigenvalue weighted by Gasteiger charge is 2.24. The molecule has 0 heterocycles. The number of rotatable bonds is 5. The van der Waals surface area contributed by atoms with Crippen LogP contribution in [0.5, 0.6) is 0 Å². The van der Waals surface area contributed by atoms with Crippen molar-refractivity contribution in [2.24, 2.45) is 16.3 Å². The monoisotopic (exact) mass is 295 g/mol. The second kappa shape index (κ2) is 6.43. The zero-order valence-electron chi connectivity index (χ0n) is 13.5. The molecule has 1 rings (SSSR count). The van der Waals surface area contributed by atoms with E-state index in [4.69, 9.17) is 10.9 Å². The minimum Gasteiger partial charge on any atom is -0.409 e. The molecular weight excluding hydrogens is 269 g/mol. The van der Waals surface area contributed by atoms with Crippen LogP contribution in [0.3, 0.4) is 0 Å². The van der Waals surface area contributed by atoms with Gasteiger partial charge in [0.15, 0.2) is 5.84 Å². The lowest BCUT2D eigenvalue weighted by Crippen LogP contribution is -2.41. The maximum absolute atomic E-state index is 13.6. The average Bonchev–Trinajstić information content (AvgIpc) is 2.32. The highest BCUT2D eigenvalue weighted by molar-refractivity contribution is 5.97. The number of nitrogens with two attached hydrogens (primary N) is 1. The third kappa shape index (κ3) is 6.12. The molecule has 0 atom stereocenters. The third-order valence-corrected chi connectivity index (χ3v) is 3.10. The lowest BCUT2D eigenvalue weighted by atomic mass is 9.81. The highest BCUT2D eigenvalue weighted by atomic mass is 19.1. The van der Waals surface area contributed by atoms with Crippen molar-refractivity contribution in [2.75, 3.05) is 0 Å². The van der Waals surface area contributed by atoms with E-state index >= 15 is 0 Å². The van der Waals surface area contributed by atoms with Gasteiger partial charge < -0.3 is 16.3 Å². The van der Waals surface area contributed by atoms with E-state index in [1.807, 2.05) is 0 Å². The Kier molecular flexibility index (Phi) is 5.34. The van der Waals surface area contributed by atoms with Crippen LogP contribution in [0.4, 0.5) is 4.39 Å². The minimum absolute atomic E-state index is 0.0681. The molecule has 0 amide bonds. The Hall–Kier alpha value is -1.62. The molecule has 0 fully saturated rings. The molecule has 4 nitrogen and oxygen atoms in total. The Morgan fingerprint density at radius 2 is 1.86 bits per heavy atom. The van der Waals surface area contributed by atoms with Crippen molar-refractivity contribution in [3.63, 3.8) is 0 Å². The largest absolute Gasteiger partial charge is 0.409 e. The molecule has 1 aromatic carbocycles. The summed E-state index contributed by atoms with van der Waals surface area (Å²) in [6.07, 6.45) is 0.989. The number of hydrogen-bond acceptors (Lipinski definition) is 3. The fraction of sp³-hybridized carbons (Fsp3) is 0.562. The molecule has 0 aliphatic rings. The Labute approximate surface area is 126 Å². The van der Waals surface area contributed by atoms with E-state index < -0.39 is 5.82 Å². The second-order valence-electron chi connectivity index (χ2n) is 7.31. The van der Waals surface area contributed by atoms with Crippen LogP contribution in [-0.4, -0.2) is 16.6 Å². The molecule has 118 valence electrons. The summed E-state index contributed by atoms with van der Waals surface area (Å²) in [4.78, 5) is 0. The van der Waals surface area contributed by atoms with Gasteiger partial charge in [0.1, 0.15) is 5.82 Å². The van der Waals surface area contributed by atoms with E-state index in [9.17, 15) is 4.39 Å². The number of halogens is 1. The summed E-state index contributed by atoms with van der Waals surface area (Å²) >= 11 is 0. The summed E-state index contributed by atoms with van der Waals surface area (Å²) in [5.74, 6) is -0.491. The quantitative estimate of drug-likeness (QED) is 0.338. The van der Waals surface area contributed by atoms with Gasteiger partial charge in [-0.05, 0) is 49.4 Å². The zero-order valence-corrected chi connectivity index (χ0v) is 13.5. The molecule has 0 spiro atoms. The maximum Gasteiger partial charge on any atom is 0.170 e. The Bertz CT molecular complexity index is 519. The summed E-state index contributed by atoms with van der Waals surface area (Å²) in [6, 6.07) is 4.42. The SMILES string of the molecule is CC(C)(C)CC(C)(C)NCc1cc(F)cc(/C(N)=N/O)c1. The van der Waals surface area contributed by atoms with Crippen LogP contribution in [0.1, 0.15) is 52.2 Å². The normalized spacial score (nSPS) is 13.5. The van der Waals surface area contributed by atoms with Gasteiger partial charge in [-0.25, -0.2) is 4.39 Å². The summed E-state index contributed by atoms with van der Waals surface area (Å²) in [5.41, 5.74) is 6.79. The first-order valence-electron chi connectivity index (χ1n) is 7.05. The third-order valence-electron chi connectivity index (χ3n) is 3.10. The number of amidine groups is 1. The molecule has 0 saturated heterocycles. The van der Waals surface area contributed by atoms with E-state index in [1.54, 1.807) is 6.07 Å². The van der Waals surface area contributed by atoms with Gasteiger partial charge in [-0.3, -0.25) is 0 Å². The van der Waals surface area contributed by atoms with Gasteiger partial charge in [-0.15, -0.1) is 0 Å². The molecule has 4 N–H and O–H groups in total. The summed E-state index contributed by atoms with van der Waals surface area (Å²) in [5, 5.41) is 15.0. The predicted molar refractivity (Wildman–Crippen MR) is 83.9 cm³/mol. The van der Waals surface area contributed by atoms with Gasteiger partial charge >= 0.3 is 0 Å². The van der Waals surface area contributed by atoms with Crippen molar-refractivity contribution in [2.45, 2.75) is 53.1 Å². The van der Waals surface area contributed by atoms with Gasteiger partial charge in [0.2, 0.25) is 0 Å². The van der Waals surface area contributed by atoms with Crippen molar-refractivity contribution in [3.05, 3.63) is 35.1 Å². The summed E-state index contributed by atoms with van der Waals surface area (Å²) in [7, 11) is 0. The van der Waals surface area contributed by atoms with Gasteiger partial charge in [0.25, 0.3) is 0 Å². The average molecular weight is 295 g/mol. The predicted octanol–water partition coefficient (Wildman–Crippen LogP) is 3.22. The minimum atomic E-state index is -0.399. The molecule has 1 aromatic rings. The smallest absolute Gasteiger partial charge is 0.170 e. The molecule has 0 aliphatic carbocycles. The van der Waals surface area contributed by atoms with Crippen LogP contribution in [0.15, 0.2) is 23.4 Å². The molecule has 0 unspecified atom stereocenters. The molecule has 0 radical (unpaired) electrons. The summed E-state index contributed by atoms with van der Waals surface area (Å²) in [6.45, 7) is 11.3. The summed E-state index contributed by atoms with van der Waals surface area (Å²) < 4.78 is 13.6. The van der Waals surface area contributed by atoms with Gasteiger partial charge in [0.05, 0.1) is 0 Å². The molecule has 0 aliphatic heterocycles. The van der Waals surface area contributed by atoms with Crippen LogP contribution < -0.4 is 11.1 Å². The van der Waals surface area contributed by atoms with Gasteiger partial charge in [0, 0.05) is 17.6 Å². The Morgan fingerprint density at radius 1 is 1.24 bits per heavy atom. The van der Waals surface area contributed by atoms with E-state index in [0.717, 1.165) is 12.0 Å². The number of nitrogens with zero attached hydrogens (tertiary/aromatic N) is 1. The van der Waals surface area contributed by atoms with E-state index in [2.05, 4.69) is 45.1 Å². The van der Waals surface area contributed by atoms with Gasteiger partial charge in [-0.1, -0.05) is 25.9 Å². The number of oxime groups is 1. The van der Waals surface area contributed by atoms with E-state index in [0.29, 0.717) is 12.1 Å². The first kappa shape index (κ1) is 17.4. The molecule has 5 heteroatoms. The Morgan fingerprint density at radius 3 is 2.38 bits per heavy atom. The fourth-order valence-corrected chi connectivity index (χ4v) is 2.69. The van der Waals surface area contributed by atoms with Crippen LogP contribution >= 0.6 is 0 Å². The maximum atomic E-state index is 13.6. The number of nitrogens with one attached hydrogen (secondary N) is 1. The van der Waals surface area contributed by atoms with E-state index in [1.165, 1.54) is 12.1 Å². The van der Waals surface area contributed by atoms with Crippen molar-refractivity contribution < 1.29 is 9.60 Å². The van der Waals surface area contributed by atoms with Crippen LogP contribution in [0.25, 0.3) is 0 Å². The number of hydrogen-bond donors (Lipinski definition) is 3. The fourth-order valence-electron chi connectivity index (χ4n) is 2.69. The van der Waals surface area contributed by atoms with Crippen molar-refractivity contribution >= 4 is 5.84 Å². The molecule has 0 bridgehead atoms. The van der Waals surface area contributed by atoms with Crippen molar-refractivity contribution in [1.29, 1.82) is 0 Å². The lowest BCUT2D eigenvalue weighted by molar-refractivity contribution is 0.240. The van der Waals surface area contributed by atoms with E-state index in [-0.39, 0.29) is 16.8 Å². The molecular formula is C16H26FN3O. The Balaban J connectivity index is 2.82. The van der Waals surface area contributed by atoms with Crippen LogP contribution in [0, 0.1) is 11.2 Å². The highest BCUT2D eigenvalue weighted by Crippen LogP contribution is 2.27. The number of benzene rings is 1. The lowest BCUT2D eigenvalue weighted by Gasteiger charge is -2.33. The van der Waals surface area contributed by atoms with Gasteiger partial charge in [-0.2, -0.15) is 0 Å². The second-order valence-corrected chi connectivity index (χ2v) is 7.31.